The highest BCUT2D eigenvalue weighted by Gasteiger charge is 2.61. The lowest BCUT2D eigenvalue weighted by molar-refractivity contribution is 0.0826. The SMILES string of the molecule is CCOc1ccc(C(=O)N[C@H]2C[C@@H]3CC[C@@]2(C)C3(C)C)cc1. The number of nitrogens with one attached hydrogen (secondary N) is 1. The van der Waals surface area contributed by atoms with Gasteiger partial charge in [-0.25, -0.2) is 0 Å². The van der Waals surface area contributed by atoms with Gasteiger partial charge >= 0.3 is 0 Å². The minimum Gasteiger partial charge on any atom is -0.494 e. The molecule has 0 aromatic heterocycles. The van der Waals surface area contributed by atoms with Gasteiger partial charge in [-0.1, -0.05) is 20.8 Å². The Morgan fingerprint density at radius 2 is 1.95 bits per heavy atom. The van der Waals surface area contributed by atoms with Gasteiger partial charge in [0.05, 0.1) is 6.61 Å². The van der Waals surface area contributed by atoms with Crippen LogP contribution in [0.3, 0.4) is 0 Å². The molecule has 3 atom stereocenters. The van der Waals surface area contributed by atoms with Crippen LogP contribution in [0.4, 0.5) is 0 Å². The van der Waals surface area contributed by atoms with Gasteiger partial charge < -0.3 is 10.1 Å². The van der Waals surface area contributed by atoms with Gasteiger partial charge in [0.15, 0.2) is 0 Å². The fourth-order valence-electron chi connectivity index (χ4n) is 4.53. The van der Waals surface area contributed by atoms with Crippen LogP contribution < -0.4 is 10.1 Å². The first kappa shape index (κ1) is 15.4. The second-order valence-corrected chi connectivity index (χ2v) is 7.59. The molecule has 0 heterocycles. The van der Waals surface area contributed by atoms with E-state index in [2.05, 4.69) is 26.1 Å². The maximum Gasteiger partial charge on any atom is 0.251 e. The predicted molar refractivity (Wildman–Crippen MR) is 88.1 cm³/mol. The van der Waals surface area contributed by atoms with Crippen molar-refractivity contribution in [1.82, 2.24) is 5.32 Å². The van der Waals surface area contributed by atoms with Gasteiger partial charge in [-0.2, -0.15) is 0 Å². The highest BCUT2D eigenvalue weighted by molar-refractivity contribution is 5.94. The molecule has 3 heteroatoms. The standard InChI is InChI=1S/C19H27NO2/c1-5-22-15-8-6-13(7-9-15)17(21)20-16-12-14-10-11-19(16,4)18(14,2)3/h6-9,14,16H,5,10-12H2,1-4H3,(H,20,21)/t14-,16-,19+/m0/s1. The molecule has 2 bridgehead atoms. The number of carbonyl (C=O) groups excluding carboxylic acids is 1. The van der Waals surface area contributed by atoms with Crippen LogP contribution in [0, 0.1) is 16.7 Å². The smallest absolute Gasteiger partial charge is 0.251 e. The molecule has 0 unspecified atom stereocenters. The summed E-state index contributed by atoms with van der Waals surface area (Å²) in [5.41, 5.74) is 1.26. The van der Waals surface area contributed by atoms with Crippen LogP contribution in [0.15, 0.2) is 24.3 Å². The Kier molecular flexibility index (Phi) is 3.70. The molecule has 0 aliphatic heterocycles. The molecule has 3 nitrogen and oxygen atoms in total. The number of ether oxygens (including phenoxy) is 1. The molecule has 120 valence electrons. The predicted octanol–water partition coefficient (Wildman–Crippen LogP) is 4.03. The molecule has 0 spiro atoms. The molecule has 2 aliphatic rings. The molecule has 1 N–H and O–H groups in total. The number of rotatable bonds is 4. The van der Waals surface area contributed by atoms with E-state index in [1.54, 1.807) is 0 Å². The average Bonchev–Trinajstić information content (AvgIpc) is 2.81. The molecule has 1 amide bonds. The van der Waals surface area contributed by atoms with Crippen molar-refractivity contribution >= 4 is 5.91 Å². The lowest BCUT2D eigenvalue weighted by atomic mass is 9.69. The van der Waals surface area contributed by atoms with Crippen LogP contribution in [-0.2, 0) is 0 Å². The quantitative estimate of drug-likeness (QED) is 0.912. The van der Waals surface area contributed by atoms with Gasteiger partial charge in [0.1, 0.15) is 5.75 Å². The molecular formula is C19H27NO2. The highest BCUT2D eigenvalue weighted by Crippen LogP contribution is 2.65. The number of hydrogen-bond acceptors (Lipinski definition) is 2. The summed E-state index contributed by atoms with van der Waals surface area (Å²) in [7, 11) is 0. The van der Waals surface area contributed by atoms with E-state index in [-0.39, 0.29) is 11.3 Å². The van der Waals surface area contributed by atoms with Crippen molar-refractivity contribution in [3.8, 4) is 5.75 Å². The topological polar surface area (TPSA) is 38.3 Å². The summed E-state index contributed by atoms with van der Waals surface area (Å²) in [6, 6.07) is 7.72. The molecule has 0 radical (unpaired) electrons. The zero-order valence-electron chi connectivity index (χ0n) is 14.1. The molecule has 1 aromatic carbocycles. The van der Waals surface area contributed by atoms with Crippen LogP contribution in [0.2, 0.25) is 0 Å². The van der Waals surface area contributed by atoms with Crippen molar-refractivity contribution < 1.29 is 9.53 Å². The van der Waals surface area contributed by atoms with Gasteiger partial charge in [-0.3, -0.25) is 4.79 Å². The first-order valence-electron chi connectivity index (χ1n) is 8.42. The second-order valence-electron chi connectivity index (χ2n) is 7.59. The molecule has 22 heavy (non-hydrogen) atoms. The van der Waals surface area contributed by atoms with E-state index in [1.807, 2.05) is 31.2 Å². The van der Waals surface area contributed by atoms with E-state index in [4.69, 9.17) is 4.74 Å². The molecule has 2 fully saturated rings. The van der Waals surface area contributed by atoms with Gasteiger partial charge in [0.2, 0.25) is 0 Å². The summed E-state index contributed by atoms with van der Waals surface area (Å²) >= 11 is 0. The Labute approximate surface area is 133 Å². The minimum absolute atomic E-state index is 0.0395. The lowest BCUT2D eigenvalue weighted by Crippen LogP contribution is -2.46. The van der Waals surface area contributed by atoms with Crippen molar-refractivity contribution in [1.29, 1.82) is 0 Å². The van der Waals surface area contributed by atoms with Crippen molar-refractivity contribution in [3.05, 3.63) is 29.8 Å². The summed E-state index contributed by atoms with van der Waals surface area (Å²) in [4.78, 5) is 12.5. The van der Waals surface area contributed by atoms with Crippen molar-refractivity contribution in [2.24, 2.45) is 16.7 Å². The normalized spacial score (nSPS) is 32.0. The second kappa shape index (κ2) is 5.29. The monoisotopic (exact) mass is 301 g/mol. The van der Waals surface area contributed by atoms with Crippen molar-refractivity contribution in [3.63, 3.8) is 0 Å². The molecule has 2 aliphatic carbocycles. The maximum absolute atomic E-state index is 12.5. The number of amides is 1. The van der Waals surface area contributed by atoms with E-state index in [9.17, 15) is 4.79 Å². The van der Waals surface area contributed by atoms with Crippen LogP contribution in [0.1, 0.15) is 57.3 Å². The molecule has 1 aromatic rings. The molecule has 3 rings (SSSR count). The van der Waals surface area contributed by atoms with Crippen molar-refractivity contribution in [2.45, 2.75) is 53.0 Å². The number of carbonyl (C=O) groups is 1. The van der Waals surface area contributed by atoms with Gasteiger partial charge in [0.25, 0.3) is 5.91 Å². The van der Waals surface area contributed by atoms with E-state index < -0.39 is 0 Å². The Balaban J connectivity index is 1.70. The molecule has 2 saturated carbocycles. The summed E-state index contributed by atoms with van der Waals surface area (Å²) < 4.78 is 5.43. The lowest BCUT2D eigenvalue weighted by Gasteiger charge is -2.39. The van der Waals surface area contributed by atoms with Crippen molar-refractivity contribution in [2.75, 3.05) is 6.61 Å². The van der Waals surface area contributed by atoms with E-state index in [0.717, 1.165) is 18.1 Å². The molecule has 0 saturated heterocycles. The zero-order valence-corrected chi connectivity index (χ0v) is 14.1. The van der Waals surface area contributed by atoms with Crippen LogP contribution in [-0.4, -0.2) is 18.6 Å². The van der Waals surface area contributed by atoms with Crippen LogP contribution in [0.25, 0.3) is 0 Å². The highest BCUT2D eigenvalue weighted by atomic mass is 16.5. The van der Waals surface area contributed by atoms with E-state index in [0.29, 0.717) is 23.6 Å². The third kappa shape index (κ3) is 2.22. The fourth-order valence-corrected chi connectivity index (χ4v) is 4.53. The summed E-state index contributed by atoms with van der Waals surface area (Å²) in [5, 5.41) is 3.29. The average molecular weight is 301 g/mol. The fraction of sp³-hybridized carbons (Fsp3) is 0.632. The first-order chi connectivity index (χ1) is 10.4. The van der Waals surface area contributed by atoms with Gasteiger partial charge in [-0.05, 0) is 67.2 Å². The van der Waals surface area contributed by atoms with E-state index >= 15 is 0 Å². The number of fused-ring (bicyclic) bond motifs is 2. The maximum atomic E-state index is 12.5. The van der Waals surface area contributed by atoms with Crippen LogP contribution in [0.5, 0.6) is 5.75 Å². The Morgan fingerprint density at radius 1 is 1.27 bits per heavy atom. The largest absolute Gasteiger partial charge is 0.494 e. The van der Waals surface area contributed by atoms with Gasteiger partial charge in [0, 0.05) is 11.6 Å². The van der Waals surface area contributed by atoms with Gasteiger partial charge in [-0.15, -0.1) is 0 Å². The Bertz CT molecular complexity index is 563. The van der Waals surface area contributed by atoms with E-state index in [1.165, 1.54) is 12.8 Å². The minimum atomic E-state index is 0.0395. The summed E-state index contributed by atoms with van der Waals surface area (Å²) in [6.07, 6.45) is 3.64. The third-order valence-electron chi connectivity index (χ3n) is 6.53. The number of benzene rings is 1. The number of hydrogen-bond donors (Lipinski definition) is 1. The third-order valence-corrected chi connectivity index (χ3v) is 6.53. The summed E-state index contributed by atoms with van der Waals surface area (Å²) in [6.45, 7) is 9.69. The Morgan fingerprint density at radius 3 is 2.45 bits per heavy atom. The summed E-state index contributed by atoms with van der Waals surface area (Å²) in [5.74, 6) is 1.59. The Hall–Kier alpha value is -1.51. The zero-order chi connectivity index (χ0) is 16.0. The van der Waals surface area contributed by atoms with Crippen LogP contribution >= 0.6 is 0 Å². The molecular weight excluding hydrogens is 274 g/mol. The first-order valence-corrected chi connectivity index (χ1v) is 8.42.